The number of benzene rings is 1. The van der Waals surface area contributed by atoms with Crippen molar-refractivity contribution in [2.45, 2.75) is 11.3 Å². The standard InChI is InChI=1S/C10H9Cl2NO4/c11-7-2-1-6(13)3-5(7)4-10(12,8(14)15)9(16)17/h1-3H,4,13H2,(H,14,15)(H,16,17). The Morgan fingerprint density at radius 3 is 2.29 bits per heavy atom. The molecule has 0 aromatic heterocycles. The van der Waals surface area contributed by atoms with Gasteiger partial charge in [-0.3, -0.25) is 0 Å². The highest BCUT2D eigenvalue weighted by Gasteiger charge is 2.45. The molecule has 0 unspecified atom stereocenters. The van der Waals surface area contributed by atoms with E-state index in [4.69, 9.17) is 39.1 Å². The number of nitrogens with two attached hydrogens (primary N) is 1. The molecule has 0 saturated carbocycles. The van der Waals surface area contributed by atoms with Crippen LogP contribution in [0.1, 0.15) is 5.56 Å². The minimum Gasteiger partial charge on any atom is -0.479 e. The normalized spacial score (nSPS) is 11.2. The maximum absolute atomic E-state index is 10.9. The Morgan fingerprint density at radius 1 is 1.29 bits per heavy atom. The van der Waals surface area contributed by atoms with Crippen molar-refractivity contribution in [2.24, 2.45) is 0 Å². The maximum Gasteiger partial charge on any atom is 0.336 e. The zero-order valence-corrected chi connectivity index (χ0v) is 10.00. The van der Waals surface area contributed by atoms with Crippen LogP contribution in [0.2, 0.25) is 5.02 Å². The van der Waals surface area contributed by atoms with Crippen molar-refractivity contribution in [3.05, 3.63) is 28.8 Å². The monoisotopic (exact) mass is 277 g/mol. The first-order chi connectivity index (χ1) is 7.77. The highest BCUT2D eigenvalue weighted by Crippen LogP contribution is 2.28. The molecule has 1 aromatic carbocycles. The highest BCUT2D eigenvalue weighted by molar-refractivity contribution is 6.44. The second kappa shape index (κ2) is 4.81. The summed E-state index contributed by atoms with van der Waals surface area (Å²) in [6.45, 7) is 0. The van der Waals surface area contributed by atoms with Crippen LogP contribution >= 0.6 is 23.2 Å². The molecular weight excluding hydrogens is 269 g/mol. The summed E-state index contributed by atoms with van der Waals surface area (Å²) in [6.07, 6.45) is -0.455. The quantitative estimate of drug-likeness (QED) is 0.441. The number of halogens is 2. The minimum atomic E-state index is -2.45. The largest absolute Gasteiger partial charge is 0.479 e. The Morgan fingerprint density at radius 2 is 1.82 bits per heavy atom. The predicted molar refractivity (Wildman–Crippen MR) is 63.4 cm³/mol. The molecule has 5 nitrogen and oxygen atoms in total. The molecular formula is C10H9Cl2NO4. The fourth-order valence-electron chi connectivity index (χ4n) is 1.24. The van der Waals surface area contributed by atoms with Crippen LogP contribution in [0.15, 0.2) is 18.2 Å². The number of anilines is 1. The van der Waals surface area contributed by atoms with Gasteiger partial charge in [-0.1, -0.05) is 23.2 Å². The first-order valence-electron chi connectivity index (χ1n) is 4.47. The number of alkyl halides is 1. The summed E-state index contributed by atoms with van der Waals surface area (Å²) in [5.74, 6) is -3.30. The third kappa shape index (κ3) is 2.81. The van der Waals surface area contributed by atoms with Crippen molar-refractivity contribution >= 4 is 40.8 Å². The molecule has 7 heteroatoms. The van der Waals surface area contributed by atoms with Crippen LogP contribution in [0.3, 0.4) is 0 Å². The van der Waals surface area contributed by atoms with E-state index in [0.717, 1.165) is 0 Å². The SMILES string of the molecule is Nc1ccc(Cl)c(CC(Cl)(C(=O)O)C(=O)O)c1. The molecule has 0 bridgehead atoms. The average molecular weight is 278 g/mol. The lowest BCUT2D eigenvalue weighted by Gasteiger charge is -2.18. The van der Waals surface area contributed by atoms with Gasteiger partial charge in [0.2, 0.25) is 4.87 Å². The van der Waals surface area contributed by atoms with Gasteiger partial charge in [0.15, 0.2) is 0 Å². The van der Waals surface area contributed by atoms with Gasteiger partial charge in [0.25, 0.3) is 0 Å². The van der Waals surface area contributed by atoms with Crippen molar-refractivity contribution < 1.29 is 19.8 Å². The predicted octanol–water partition coefficient (Wildman–Crippen LogP) is 1.61. The Balaban J connectivity index is 3.15. The molecule has 0 spiro atoms. The van der Waals surface area contributed by atoms with E-state index in [1.165, 1.54) is 18.2 Å². The van der Waals surface area contributed by atoms with Gasteiger partial charge in [0, 0.05) is 17.1 Å². The number of carboxylic acids is 2. The molecule has 0 saturated heterocycles. The molecule has 0 aliphatic rings. The number of aliphatic carboxylic acids is 2. The number of nitrogen functional groups attached to an aromatic ring is 1. The number of carbonyl (C=O) groups is 2. The van der Waals surface area contributed by atoms with E-state index in [1.807, 2.05) is 0 Å². The number of hydrogen-bond donors (Lipinski definition) is 3. The van der Waals surface area contributed by atoms with Crippen LogP contribution in [0.25, 0.3) is 0 Å². The minimum absolute atomic E-state index is 0.215. The Hall–Kier alpha value is -1.46. The number of rotatable bonds is 4. The van der Waals surface area contributed by atoms with E-state index in [1.54, 1.807) is 0 Å². The Labute approximate surface area is 107 Å². The summed E-state index contributed by atoms with van der Waals surface area (Å²) >= 11 is 11.4. The van der Waals surface area contributed by atoms with Gasteiger partial charge in [-0.05, 0) is 23.8 Å². The zero-order valence-electron chi connectivity index (χ0n) is 8.48. The third-order valence-electron chi connectivity index (χ3n) is 2.18. The van der Waals surface area contributed by atoms with Gasteiger partial charge in [0.05, 0.1) is 0 Å². The second-order valence-corrected chi connectivity index (χ2v) is 4.49. The van der Waals surface area contributed by atoms with Crippen molar-refractivity contribution in [2.75, 3.05) is 5.73 Å². The van der Waals surface area contributed by atoms with Gasteiger partial charge in [-0.25, -0.2) is 9.59 Å². The van der Waals surface area contributed by atoms with Crippen molar-refractivity contribution in [1.82, 2.24) is 0 Å². The summed E-state index contributed by atoms with van der Waals surface area (Å²) in [6, 6.07) is 4.36. The van der Waals surface area contributed by atoms with Crippen molar-refractivity contribution in [3.8, 4) is 0 Å². The van der Waals surface area contributed by atoms with E-state index in [2.05, 4.69) is 0 Å². The topological polar surface area (TPSA) is 101 Å². The summed E-state index contributed by atoms with van der Waals surface area (Å²) in [5, 5.41) is 17.9. The van der Waals surface area contributed by atoms with E-state index >= 15 is 0 Å². The van der Waals surface area contributed by atoms with Crippen LogP contribution in [-0.2, 0) is 16.0 Å². The lowest BCUT2D eigenvalue weighted by Crippen LogP contribution is -2.43. The molecule has 0 aliphatic heterocycles. The van der Waals surface area contributed by atoms with Gasteiger partial charge in [-0.2, -0.15) is 0 Å². The zero-order chi connectivity index (χ0) is 13.2. The van der Waals surface area contributed by atoms with Crippen molar-refractivity contribution in [1.29, 1.82) is 0 Å². The summed E-state index contributed by atoms with van der Waals surface area (Å²) in [5.41, 5.74) is 6.12. The molecule has 0 atom stereocenters. The molecule has 0 amide bonds. The molecule has 1 rings (SSSR count). The molecule has 92 valence electrons. The molecule has 0 aliphatic carbocycles. The molecule has 17 heavy (non-hydrogen) atoms. The van der Waals surface area contributed by atoms with Gasteiger partial charge < -0.3 is 15.9 Å². The first-order valence-corrected chi connectivity index (χ1v) is 5.22. The van der Waals surface area contributed by atoms with Crippen LogP contribution in [-0.4, -0.2) is 27.0 Å². The van der Waals surface area contributed by atoms with Crippen LogP contribution in [0.4, 0.5) is 5.69 Å². The van der Waals surface area contributed by atoms with E-state index in [9.17, 15) is 9.59 Å². The number of carboxylic acid groups (broad SMARTS) is 2. The first kappa shape index (κ1) is 13.6. The third-order valence-corrected chi connectivity index (χ3v) is 3.01. The highest BCUT2D eigenvalue weighted by atomic mass is 35.5. The fraction of sp³-hybridized carbons (Fsp3) is 0.200. The molecule has 1 aromatic rings. The maximum atomic E-state index is 10.9. The summed E-state index contributed by atoms with van der Waals surface area (Å²) in [7, 11) is 0. The average Bonchev–Trinajstić information content (AvgIpc) is 2.22. The van der Waals surface area contributed by atoms with E-state index < -0.39 is 23.2 Å². The fourth-order valence-corrected chi connectivity index (χ4v) is 1.56. The van der Waals surface area contributed by atoms with Crippen LogP contribution in [0.5, 0.6) is 0 Å². The second-order valence-electron chi connectivity index (χ2n) is 3.44. The van der Waals surface area contributed by atoms with Crippen molar-refractivity contribution in [3.63, 3.8) is 0 Å². The number of hydrogen-bond acceptors (Lipinski definition) is 3. The van der Waals surface area contributed by atoms with Gasteiger partial charge in [0.1, 0.15) is 0 Å². The lowest BCUT2D eigenvalue weighted by atomic mass is 9.98. The Kier molecular flexibility index (Phi) is 3.85. The smallest absolute Gasteiger partial charge is 0.336 e. The molecule has 4 N–H and O–H groups in total. The summed E-state index contributed by atoms with van der Waals surface area (Å²) < 4.78 is 0. The van der Waals surface area contributed by atoms with E-state index in [-0.39, 0.29) is 10.6 Å². The lowest BCUT2D eigenvalue weighted by molar-refractivity contribution is -0.152. The molecule has 0 radical (unpaired) electrons. The van der Waals surface area contributed by atoms with Gasteiger partial charge >= 0.3 is 11.9 Å². The molecule has 0 heterocycles. The van der Waals surface area contributed by atoms with Gasteiger partial charge in [-0.15, -0.1) is 0 Å². The summed E-state index contributed by atoms with van der Waals surface area (Å²) in [4.78, 5) is 19.3. The molecule has 0 fully saturated rings. The van der Waals surface area contributed by atoms with Crippen LogP contribution in [0, 0.1) is 0 Å². The van der Waals surface area contributed by atoms with E-state index in [0.29, 0.717) is 5.69 Å². The van der Waals surface area contributed by atoms with Crippen LogP contribution < -0.4 is 5.73 Å². The Bertz CT molecular complexity index is 461.